The largest absolute Gasteiger partial charge is 0.468 e. The van der Waals surface area contributed by atoms with E-state index in [1.807, 2.05) is 12.1 Å². The quantitative estimate of drug-likeness (QED) is 0.921. The molecule has 0 saturated heterocycles. The van der Waals surface area contributed by atoms with Crippen molar-refractivity contribution in [3.63, 3.8) is 0 Å². The Morgan fingerprint density at radius 3 is 3.05 bits per heavy atom. The first-order valence-electron chi connectivity index (χ1n) is 7.34. The molecule has 0 bridgehead atoms. The summed E-state index contributed by atoms with van der Waals surface area (Å²) in [4.78, 5) is 2.35. The van der Waals surface area contributed by atoms with E-state index < -0.39 is 0 Å². The van der Waals surface area contributed by atoms with Crippen LogP contribution in [0.25, 0.3) is 0 Å². The summed E-state index contributed by atoms with van der Waals surface area (Å²) >= 11 is 0. The van der Waals surface area contributed by atoms with E-state index in [4.69, 9.17) is 4.42 Å². The predicted molar refractivity (Wildman–Crippen MR) is 82.0 cm³/mol. The van der Waals surface area contributed by atoms with E-state index >= 15 is 0 Å². The lowest BCUT2D eigenvalue weighted by Crippen LogP contribution is -2.25. The van der Waals surface area contributed by atoms with E-state index in [0.717, 1.165) is 12.3 Å². The molecule has 1 aliphatic rings. The van der Waals surface area contributed by atoms with Crippen LogP contribution in [0.15, 0.2) is 41.0 Å². The van der Waals surface area contributed by atoms with Crippen molar-refractivity contribution in [2.24, 2.45) is 0 Å². The number of aryl methyl sites for hydroxylation is 1. The van der Waals surface area contributed by atoms with E-state index in [9.17, 15) is 0 Å². The van der Waals surface area contributed by atoms with Crippen molar-refractivity contribution in [3.05, 3.63) is 53.5 Å². The minimum absolute atomic E-state index is 0.240. The van der Waals surface area contributed by atoms with Gasteiger partial charge in [0.2, 0.25) is 0 Å². The maximum absolute atomic E-state index is 5.42. The smallest absolute Gasteiger partial charge is 0.120 e. The molecule has 0 fully saturated rings. The zero-order valence-corrected chi connectivity index (χ0v) is 12.2. The Kier molecular flexibility index (Phi) is 3.79. The van der Waals surface area contributed by atoms with Crippen molar-refractivity contribution >= 4 is 5.69 Å². The number of furan rings is 1. The molecule has 106 valence electrons. The number of hydrogen-bond donors (Lipinski definition) is 1. The molecule has 3 rings (SSSR count). The van der Waals surface area contributed by atoms with Gasteiger partial charge in [-0.25, -0.2) is 0 Å². The molecule has 1 aromatic carbocycles. The Hall–Kier alpha value is -1.74. The third-order valence-electron chi connectivity index (χ3n) is 4.08. The molecule has 0 spiro atoms. The molecule has 1 atom stereocenters. The highest BCUT2D eigenvalue weighted by Crippen LogP contribution is 2.27. The first-order valence-corrected chi connectivity index (χ1v) is 7.34. The fraction of sp³-hybridized carbons (Fsp3) is 0.412. The molecule has 3 nitrogen and oxygen atoms in total. The normalized spacial score (nSPS) is 16.0. The molecule has 1 N–H and O–H groups in total. The van der Waals surface area contributed by atoms with E-state index in [1.165, 1.54) is 36.2 Å². The number of nitrogens with zero attached hydrogens (tertiary/aromatic N) is 1. The van der Waals surface area contributed by atoms with Gasteiger partial charge in [0.15, 0.2) is 0 Å². The zero-order chi connectivity index (χ0) is 13.9. The third kappa shape index (κ3) is 2.73. The summed E-state index contributed by atoms with van der Waals surface area (Å²) in [5, 5.41) is 3.51. The molecule has 3 heteroatoms. The Morgan fingerprint density at radius 1 is 1.35 bits per heavy atom. The van der Waals surface area contributed by atoms with Crippen molar-refractivity contribution in [2.75, 3.05) is 18.5 Å². The maximum atomic E-state index is 5.42. The van der Waals surface area contributed by atoms with Gasteiger partial charge >= 0.3 is 0 Å². The van der Waals surface area contributed by atoms with Gasteiger partial charge in [0.1, 0.15) is 5.76 Å². The number of hydrogen-bond acceptors (Lipinski definition) is 3. The molecular weight excluding hydrogens is 248 g/mol. The van der Waals surface area contributed by atoms with Crippen molar-refractivity contribution < 1.29 is 4.42 Å². The summed E-state index contributed by atoms with van der Waals surface area (Å²) in [5.74, 6) is 0.989. The van der Waals surface area contributed by atoms with Gasteiger partial charge in [-0.1, -0.05) is 12.1 Å². The van der Waals surface area contributed by atoms with Crippen LogP contribution in [0.3, 0.4) is 0 Å². The van der Waals surface area contributed by atoms with Crippen LogP contribution < -0.4 is 10.2 Å². The van der Waals surface area contributed by atoms with Crippen molar-refractivity contribution in [3.8, 4) is 0 Å². The maximum Gasteiger partial charge on any atom is 0.120 e. The van der Waals surface area contributed by atoms with Gasteiger partial charge in [-0.05, 0) is 49.1 Å². The summed E-state index contributed by atoms with van der Waals surface area (Å²) in [6, 6.07) is 11.0. The van der Waals surface area contributed by atoms with E-state index in [-0.39, 0.29) is 6.04 Å². The van der Waals surface area contributed by atoms with Crippen LogP contribution >= 0.6 is 0 Å². The third-order valence-corrected chi connectivity index (χ3v) is 4.08. The monoisotopic (exact) mass is 270 g/mol. The fourth-order valence-corrected chi connectivity index (χ4v) is 2.86. The summed E-state index contributed by atoms with van der Waals surface area (Å²) in [5.41, 5.74) is 4.21. The molecule has 1 aromatic heterocycles. The lowest BCUT2D eigenvalue weighted by atomic mass is 9.99. The predicted octanol–water partition coefficient (Wildman–Crippen LogP) is 3.51. The van der Waals surface area contributed by atoms with Crippen molar-refractivity contribution in [1.29, 1.82) is 0 Å². The average molecular weight is 270 g/mol. The molecule has 1 aliphatic heterocycles. The number of nitrogens with one attached hydrogen (secondary N) is 1. The van der Waals surface area contributed by atoms with Gasteiger partial charge in [0, 0.05) is 25.8 Å². The molecule has 0 radical (unpaired) electrons. The van der Waals surface area contributed by atoms with Crippen molar-refractivity contribution in [1.82, 2.24) is 5.32 Å². The summed E-state index contributed by atoms with van der Waals surface area (Å²) in [7, 11) is 2.18. The highest BCUT2D eigenvalue weighted by molar-refractivity contribution is 5.56. The molecule has 2 heterocycles. The first-order chi connectivity index (χ1) is 9.74. The molecular formula is C17H22N2O. The lowest BCUT2D eigenvalue weighted by Gasteiger charge is -2.28. The van der Waals surface area contributed by atoms with Crippen LogP contribution in [0.1, 0.15) is 36.3 Å². The van der Waals surface area contributed by atoms with Crippen molar-refractivity contribution in [2.45, 2.75) is 32.4 Å². The molecule has 0 saturated carbocycles. The summed E-state index contributed by atoms with van der Waals surface area (Å²) in [6.45, 7) is 4.17. The van der Waals surface area contributed by atoms with Crippen LogP contribution in [0, 0.1) is 0 Å². The number of anilines is 1. The second-order valence-corrected chi connectivity index (χ2v) is 5.61. The SMILES string of the molecule is C[C@@H](NCc1ccc2c(c1)CCCN2C)c1ccco1. The Morgan fingerprint density at radius 2 is 2.25 bits per heavy atom. The molecule has 20 heavy (non-hydrogen) atoms. The molecule has 0 unspecified atom stereocenters. The molecule has 0 amide bonds. The average Bonchev–Trinajstić information content (AvgIpc) is 2.99. The second kappa shape index (κ2) is 5.71. The van der Waals surface area contributed by atoms with Gasteiger partial charge in [0.25, 0.3) is 0 Å². The Labute approximate surface area is 120 Å². The first kappa shape index (κ1) is 13.3. The number of fused-ring (bicyclic) bond motifs is 1. The highest BCUT2D eigenvalue weighted by atomic mass is 16.3. The van der Waals surface area contributed by atoms with Crippen LogP contribution in [-0.4, -0.2) is 13.6 Å². The number of benzene rings is 1. The minimum Gasteiger partial charge on any atom is -0.468 e. The van der Waals surface area contributed by atoms with Crippen LogP contribution in [-0.2, 0) is 13.0 Å². The molecule has 2 aromatic rings. The van der Waals surface area contributed by atoms with Crippen LogP contribution in [0.2, 0.25) is 0 Å². The fourth-order valence-electron chi connectivity index (χ4n) is 2.86. The van der Waals surface area contributed by atoms with Gasteiger partial charge in [0.05, 0.1) is 12.3 Å². The standard InChI is InChI=1S/C17H22N2O/c1-13(17-6-4-10-20-17)18-12-14-7-8-16-15(11-14)5-3-9-19(16)2/h4,6-8,10-11,13,18H,3,5,9,12H2,1-2H3/t13-/m1/s1. The van der Waals surface area contributed by atoms with Gasteiger partial charge < -0.3 is 14.6 Å². The Bertz CT molecular complexity index is 562. The van der Waals surface area contributed by atoms with Gasteiger partial charge in [-0.3, -0.25) is 0 Å². The Balaban J connectivity index is 1.66. The zero-order valence-electron chi connectivity index (χ0n) is 12.2. The lowest BCUT2D eigenvalue weighted by molar-refractivity contribution is 0.430. The minimum atomic E-state index is 0.240. The van der Waals surface area contributed by atoms with E-state index in [0.29, 0.717) is 0 Å². The van der Waals surface area contributed by atoms with Crippen LogP contribution in [0.4, 0.5) is 5.69 Å². The van der Waals surface area contributed by atoms with E-state index in [2.05, 4.69) is 42.4 Å². The molecule has 0 aliphatic carbocycles. The van der Waals surface area contributed by atoms with E-state index in [1.54, 1.807) is 6.26 Å². The number of rotatable bonds is 4. The summed E-state index contributed by atoms with van der Waals surface area (Å²) < 4.78 is 5.42. The second-order valence-electron chi connectivity index (χ2n) is 5.61. The topological polar surface area (TPSA) is 28.4 Å². The van der Waals surface area contributed by atoms with Gasteiger partial charge in [-0.15, -0.1) is 0 Å². The van der Waals surface area contributed by atoms with Gasteiger partial charge in [-0.2, -0.15) is 0 Å². The highest BCUT2D eigenvalue weighted by Gasteiger charge is 2.14. The van der Waals surface area contributed by atoms with Crippen LogP contribution in [0.5, 0.6) is 0 Å². The summed E-state index contributed by atoms with van der Waals surface area (Å²) in [6.07, 6.45) is 4.17.